The average Bonchev–Trinajstić information content (AvgIpc) is 3.49. The van der Waals surface area contributed by atoms with Crippen LogP contribution in [0.4, 0.5) is 0 Å². The first-order valence-corrected chi connectivity index (χ1v) is 13.9. The Bertz CT molecular complexity index is 1340. The normalized spacial score (nSPS) is 12.2. The summed E-state index contributed by atoms with van der Waals surface area (Å²) < 4.78 is 5.58. The maximum Gasteiger partial charge on any atom is 0.339 e. The lowest BCUT2D eigenvalue weighted by molar-refractivity contribution is -0.200. The van der Waals surface area contributed by atoms with E-state index in [1.807, 2.05) is 37.3 Å². The highest BCUT2D eigenvalue weighted by molar-refractivity contribution is 5.93. The summed E-state index contributed by atoms with van der Waals surface area (Å²) in [6, 6.07) is 15.8. The highest BCUT2D eigenvalue weighted by atomic mass is 16.7. The van der Waals surface area contributed by atoms with Gasteiger partial charge in [-0.3, -0.25) is 19.2 Å². The summed E-state index contributed by atoms with van der Waals surface area (Å²) in [6.07, 6.45) is 4.32. The predicted octanol–water partition coefficient (Wildman–Crippen LogP) is 4.72. The lowest BCUT2D eigenvalue weighted by Gasteiger charge is -2.32. The molecule has 1 aromatic heterocycles. The van der Waals surface area contributed by atoms with Crippen LogP contribution in [0.25, 0.3) is 11.3 Å². The Labute approximate surface area is 244 Å². The molecule has 0 saturated carbocycles. The van der Waals surface area contributed by atoms with Crippen molar-refractivity contribution in [1.29, 1.82) is 0 Å². The fraction of sp³-hybridized carbons (Fsp3) is 0.355. The van der Waals surface area contributed by atoms with E-state index in [9.17, 15) is 24.3 Å². The van der Waals surface area contributed by atoms with Crippen molar-refractivity contribution in [3.05, 3.63) is 77.6 Å². The summed E-state index contributed by atoms with van der Waals surface area (Å²) in [5, 5.41) is 25.6. The Hall–Kier alpha value is -4.64. The fourth-order valence-electron chi connectivity index (χ4n) is 4.59. The van der Waals surface area contributed by atoms with Gasteiger partial charge in [0.1, 0.15) is 23.7 Å². The molecule has 0 aliphatic heterocycles. The van der Waals surface area contributed by atoms with E-state index in [0.29, 0.717) is 24.8 Å². The number of unbranched alkanes of at least 4 members (excludes halogenated alkanes) is 2. The summed E-state index contributed by atoms with van der Waals surface area (Å²) in [4.78, 5) is 54.8. The molecule has 0 spiro atoms. The van der Waals surface area contributed by atoms with Crippen LogP contribution in [-0.4, -0.2) is 52.2 Å². The van der Waals surface area contributed by atoms with Gasteiger partial charge in [-0.15, -0.1) is 0 Å². The van der Waals surface area contributed by atoms with Crippen LogP contribution in [0, 0.1) is 5.92 Å². The third-order valence-electron chi connectivity index (χ3n) is 6.85. The first-order chi connectivity index (χ1) is 20.3. The average molecular weight is 580 g/mol. The van der Waals surface area contributed by atoms with E-state index in [-0.39, 0.29) is 36.3 Å². The smallest absolute Gasteiger partial charge is 0.339 e. The quantitative estimate of drug-likeness (QED) is 0.0774. The van der Waals surface area contributed by atoms with E-state index < -0.39 is 29.6 Å². The molecule has 11 nitrogen and oxygen atoms in total. The molecule has 0 aliphatic rings. The van der Waals surface area contributed by atoms with E-state index in [0.717, 1.165) is 24.8 Å². The molecule has 1 heterocycles. The topological polar surface area (TPSA) is 158 Å². The number of furan rings is 1. The largest absolute Gasteiger partial charge is 0.507 e. The minimum atomic E-state index is -1.27. The van der Waals surface area contributed by atoms with E-state index in [2.05, 4.69) is 17.6 Å². The summed E-state index contributed by atoms with van der Waals surface area (Å²) >= 11 is 0. The molecular formula is C31H37N3O8. The van der Waals surface area contributed by atoms with Gasteiger partial charge in [0.2, 0.25) is 12.3 Å². The molecule has 2 aromatic carbocycles. The number of phenols is 1. The van der Waals surface area contributed by atoms with E-state index in [1.165, 1.54) is 35.4 Å². The third kappa shape index (κ3) is 8.68. The number of hydroxylamine groups is 2. The number of nitrogens with one attached hydrogen (secondary N) is 2. The highest BCUT2D eigenvalue weighted by Crippen LogP contribution is 2.28. The molecule has 0 bridgehead atoms. The van der Waals surface area contributed by atoms with Crippen molar-refractivity contribution in [1.82, 2.24) is 15.7 Å². The van der Waals surface area contributed by atoms with Gasteiger partial charge in [-0.05, 0) is 42.7 Å². The highest BCUT2D eigenvalue weighted by Gasteiger charge is 2.32. The number of nitrogens with zero attached hydrogens (tertiary/aromatic N) is 1. The molecule has 224 valence electrons. The summed E-state index contributed by atoms with van der Waals surface area (Å²) in [7, 11) is 0. The maximum atomic E-state index is 13.3. The van der Waals surface area contributed by atoms with Gasteiger partial charge in [0, 0.05) is 5.56 Å². The van der Waals surface area contributed by atoms with Crippen LogP contribution in [0.3, 0.4) is 0 Å². The second-order valence-electron chi connectivity index (χ2n) is 9.73. The minimum Gasteiger partial charge on any atom is -0.507 e. The van der Waals surface area contributed by atoms with Crippen LogP contribution in [0.1, 0.15) is 72.4 Å². The molecule has 3 amide bonds. The van der Waals surface area contributed by atoms with E-state index in [1.54, 1.807) is 0 Å². The number of carboxylic acids is 1. The molecule has 42 heavy (non-hydrogen) atoms. The Balaban J connectivity index is 1.61. The maximum absolute atomic E-state index is 13.3. The van der Waals surface area contributed by atoms with Crippen molar-refractivity contribution in [3.63, 3.8) is 0 Å². The number of aromatic carboxylic acids is 1. The van der Waals surface area contributed by atoms with Crippen molar-refractivity contribution < 1.29 is 38.6 Å². The Kier molecular flexibility index (Phi) is 12.1. The van der Waals surface area contributed by atoms with Crippen molar-refractivity contribution in [2.75, 3.05) is 6.67 Å². The molecule has 0 radical (unpaired) electrons. The zero-order chi connectivity index (χ0) is 30.5. The number of amides is 3. The molecule has 0 saturated heterocycles. The number of carbonyl (C=O) groups is 4. The molecular weight excluding hydrogens is 542 g/mol. The first kappa shape index (κ1) is 31.9. The minimum absolute atomic E-state index is 0.0339. The fourth-order valence-corrected chi connectivity index (χ4v) is 4.59. The van der Waals surface area contributed by atoms with Gasteiger partial charge in [0.25, 0.3) is 5.91 Å². The van der Waals surface area contributed by atoms with Crippen LogP contribution in [0.15, 0.2) is 65.1 Å². The number of benzene rings is 2. The van der Waals surface area contributed by atoms with Crippen LogP contribution in [-0.2, 0) is 21.0 Å². The zero-order valence-corrected chi connectivity index (χ0v) is 23.7. The van der Waals surface area contributed by atoms with Gasteiger partial charge < -0.3 is 25.3 Å². The van der Waals surface area contributed by atoms with Crippen molar-refractivity contribution >= 4 is 24.2 Å². The summed E-state index contributed by atoms with van der Waals surface area (Å²) in [6.45, 7) is 3.97. The molecule has 4 N–H and O–H groups in total. The SMILES string of the molecule is CCCCCC(C(=O)NCNC(=O)c1ccc(-c2ccc(C(=O)O)c(O)c2)o1)C(CC)N(C=O)OCc1ccccc1. The number of hydrogen-bond donors (Lipinski definition) is 4. The standard InChI is InChI=1S/C31H37N3O8/c1-3-5-7-12-23(25(4-2)34(20-35)41-18-21-10-8-6-9-11-21)29(37)32-19-33-30(38)28-16-15-27(42-28)22-13-14-24(31(39)40)26(36)17-22/h6,8-11,13-17,20,23,25,36H,3-5,7,12,18-19H2,1-2H3,(H,32,37)(H,33,38)(H,39,40). The second kappa shape index (κ2) is 16.0. The Morgan fingerprint density at radius 2 is 1.79 bits per heavy atom. The lowest BCUT2D eigenvalue weighted by Crippen LogP contribution is -2.48. The molecule has 0 aliphatic carbocycles. The van der Waals surface area contributed by atoms with Gasteiger partial charge in [0.05, 0.1) is 18.6 Å². The zero-order valence-electron chi connectivity index (χ0n) is 23.7. The Morgan fingerprint density at radius 3 is 2.43 bits per heavy atom. The first-order valence-electron chi connectivity index (χ1n) is 13.9. The van der Waals surface area contributed by atoms with Crippen molar-refractivity contribution in [3.8, 4) is 17.1 Å². The van der Waals surface area contributed by atoms with Crippen LogP contribution < -0.4 is 10.6 Å². The van der Waals surface area contributed by atoms with E-state index >= 15 is 0 Å². The molecule has 0 fully saturated rings. The Morgan fingerprint density at radius 1 is 1.02 bits per heavy atom. The van der Waals surface area contributed by atoms with Crippen molar-refractivity contribution in [2.45, 2.75) is 58.6 Å². The molecule has 2 unspecified atom stereocenters. The molecule has 3 aromatic rings. The van der Waals surface area contributed by atoms with Crippen molar-refractivity contribution in [2.24, 2.45) is 5.92 Å². The van der Waals surface area contributed by atoms with Gasteiger partial charge in [-0.25, -0.2) is 9.86 Å². The third-order valence-corrected chi connectivity index (χ3v) is 6.85. The van der Waals surface area contributed by atoms with Gasteiger partial charge in [-0.2, -0.15) is 0 Å². The summed E-state index contributed by atoms with van der Waals surface area (Å²) in [5.41, 5.74) is 1.03. The van der Waals surface area contributed by atoms with Gasteiger partial charge >= 0.3 is 5.97 Å². The number of hydrogen-bond acceptors (Lipinski definition) is 7. The van der Waals surface area contributed by atoms with Crippen LogP contribution in [0.5, 0.6) is 5.75 Å². The number of carbonyl (C=O) groups excluding carboxylic acids is 3. The molecule has 3 rings (SSSR count). The lowest BCUT2D eigenvalue weighted by atomic mass is 9.90. The number of rotatable bonds is 17. The summed E-state index contributed by atoms with van der Waals surface area (Å²) in [5.74, 6) is -2.93. The van der Waals surface area contributed by atoms with E-state index in [4.69, 9.17) is 14.4 Å². The number of aromatic hydroxyl groups is 1. The predicted molar refractivity (Wildman–Crippen MR) is 154 cm³/mol. The monoisotopic (exact) mass is 579 g/mol. The molecule has 2 atom stereocenters. The van der Waals surface area contributed by atoms with Gasteiger partial charge in [-0.1, -0.05) is 69.5 Å². The van der Waals surface area contributed by atoms with Crippen LogP contribution >= 0.6 is 0 Å². The second-order valence-corrected chi connectivity index (χ2v) is 9.73. The van der Waals surface area contributed by atoms with Crippen LogP contribution in [0.2, 0.25) is 0 Å². The molecule has 11 heteroatoms. The number of carboxylic acid groups (broad SMARTS) is 1. The van der Waals surface area contributed by atoms with Gasteiger partial charge in [0.15, 0.2) is 5.76 Å².